The molecule has 0 amide bonds. The highest BCUT2D eigenvalue weighted by atomic mass is 14.9. The molecule has 18 heavy (non-hydrogen) atoms. The Bertz CT molecular complexity index is 540. The van der Waals surface area contributed by atoms with Gasteiger partial charge in [-0.2, -0.15) is 0 Å². The minimum Gasteiger partial charge on any atom is -0.313 e. The molecule has 1 N–H and O–H groups in total. The molecule has 2 rings (SSSR count). The molecule has 0 fully saturated rings. The molecule has 0 saturated heterocycles. The van der Waals surface area contributed by atoms with Crippen LogP contribution in [0.25, 0.3) is 10.9 Å². The summed E-state index contributed by atoms with van der Waals surface area (Å²) in [5.41, 5.74) is 3.61. The molecule has 0 radical (unpaired) electrons. The van der Waals surface area contributed by atoms with Crippen molar-refractivity contribution in [3.05, 3.63) is 54.2 Å². The van der Waals surface area contributed by atoms with Gasteiger partial charge in [0.2, 0.25) is 0 Å². The van der Waals surface area contributed by atoms with E-state index >= 15 is 0 Å². The second-order valence-electron chi connectivity index (χ2n) is 4.75. The Morgan fingerprint density at radius 1 is 1.33 bits per heavy atom. The van der Waals surface area contributed by atoms with Crippen LogP contribution in [0, 0.1) is 0 Å². The maximum atomic E-state index is 4.41. The predicted octanol–water partition coefficient (Wildman–Crippen LogP) is 3.85. The second-order valence-corrected chi connectivity index (χ2v) is 4.75. The van der Waals surface area contributed by atoms with Crippen LogP contribution in [0.3, 0.4) is 0 Å². The third-order valence-electron chi connectivity index (χ3n) is 3.27. The molecule has 0 aliphatic heterocycles. The van der Waals surface area contributed by atoms with Crippen molar-refractivity contribution in [2.45, 2.75) is 25.8 Å². The fourth-order valence-electron chi connectivity index (χ4n) is 2.27. The van der Waals surface area contributed by atoms with Crippen LogP contribution in [-0.4, -0.2) is 12.0 Å². The van der Waals surface area contributed by atoms with Crippen LogP contribution in [-0.2, 0) is 0 Å². The molecular formula is C16H20N2. The number of allylic oxidation sites excluding steroid dienone is 1. The summed E-state index contributed by atoms with van der Waals surface area (Å²) in [6, 6.07) is 10.8. The van der Waals surface area contributed by atoms with Crippen LogP contribution in [0.15, 0.2) is 48.7 Å². The molecule has 2 heteroatoms. The monoisotopic (exact) mass is 240 g/mol. The summed E-state index contributed by atoms with van der Waals surface area (Å²) >= 11 is 0. The van der Waals surface area contributed by atoms with E-state index in [4.69, 9.17) is 0 Å². The second kappa shape index (κ2) is 5.78. The quantitative estimate of drug-likeness (QED) is 0.803. The van der Waals surface area contributed by atoms with Gasteiger partial charge in [-0.05, 0) is 44.5 Å². The Hall–Kier alpha value is -1.67. The van der Waals surface area contributed by atoms with Gasteiger partial charge >= 0.3 is 0 Å². The summed E-state index contributed by atoms with van der Waals surface area (Å²) in [4.78, 5) is 4.41. The fourth-order valence-corrected chi connectivity index (χ4v) is 2.27. The molecule has 1 heterocycles. The van der Waals surface area contributed by atoms with Crippen LogP contribution in [0.2, 0.25) is 0 Å². The summed E-state index contributed by atoms with van der Waals surface area (Å²) in [5, 5.41) is 4.63. The predicted molar refractivity (Wildman–Crippen MR) is 77.6 cm³/mol. The zero-order valence-corrected chi connectivity index (χ0v) is 11.1. The van der Waals surface area contributed by atoms with Crippen molar-refractivity contribution >= 4 is 10.9 Å². The number of hydrogen-bond donors (Lipinski definition) is 1. The number of nitrogens with zero attached hydrogens (tertiary/aromatic N) is 1. The van der Waals surface area contributed by atoms with Crippen molar-refractivity contribution in [1.82, 2.24) is 10.3 Å². The molecule has 0 aliphatic rings. The lowest BCUT2D eigenvalue weighted by Gasteiger charge is -2.18. The standard InChI is InChI=1S/C16H20N2/c1-12(2)8-9-15(17-3)14-10-11-18-16-7-5-4-6-13(14)16/h4-7,10-11,15,17H,1,8-9H2,2-3H3. The van der Waals surface area contributed by atoms with Gasteiger partial charge in [-0.3, -0.25) is 4.98 Å². The van der Waals surface area contributed by atoms with Crippen LogP contribution in [0.1, 0.15) is 31.4 Å². The number of para-hydroxylation sites is 1. The minimum atomic E-state index is 0.356. The summed E-state index contributed by atoms with van der Waals surface area (Å²) < 4.78 is 0. The fraction of sp³-hybridized carbons (Fsp3) is 0.312. The average molecular weight is 240 g/mol. The zero-order chi connectivity index (χ0) is 13.0. The molecule has 1 aromatic heterocycles. The molecule has 0 saturated carbocycles. The van der Waals surface area contributed by atoms with E-state index in [0.29, 0.717) is 6.04 Å². The van der Waals surface area contributed by atoms with Gasteiger partial charge in [-0.1, -0.05) is 23.8 Å². The Labute approximate surface area is 109 Å². The highest BCUT2D eigenvalue weighted by molar-refractivity contribution is 5.82. The van der Waals surface area contributed by atoms with Crippen molar-refractivity contribution in [1.29, 1.82) is 0 Å². The largest absolute Gasteiger partial charge is 0.313 e. The first-order valence-corrected chi connectivity index (χ1v) is 6.37. The van der Waals surface area contributed by atoms with Crippen molar-refractivity contribution in [2.75, 3.05) is 7.05 Å². The Morgan fingerprint density at radius 2 is 2.11 bits per heavy atom. The Morgan fingerprint density at radius 3 is 2.83 bits per heavy atom. The van der Waals surface area contributed by atoms with Crippen LogP contribution < -0.4 is 5.32 Å². The maximum Gasteiger partial charge on any atom is 0.0705 e. The lowest BCUT2D eigenvalue weighted by atomic mass is 9.97. The normalized spacial score (nSPS) is 12.6. The van der Waals surface area contributed by atoms with Crippen LogP contribution in [0.5, 0.6) is 0 Å². The van der Waals surface area contributed by atoms with E-state index in [1.54, 1.807) is 0 Å². The Kier molecular flexibility index (Phi) is 4.11. The van der Waals surface area contributed by atoms with Gasteiger partial charge in [0.25, 0.3) is 0 Å². The minimum absolute atomic E-state index is 0.356. The third kappa shape index (κ3) is 2.77. The van der Waals surface area contributed by atoms with E-state index in [-0.39, 0.29) is 0 Å². The molecule has 2 aromatic rings. The van der Waals surface area contributed by atoms with Crippen molar-refractivity contribution < 1.29 is 0 Å². The maximum absolute atomic E-state index is 4.41. The lowest BCUT2D eigenvalue weighted by molar-refractivity contribution is 0.551. The van der Waals surface area contributed by atoms with Crippen molar-refractivity contribution in [3.63, 3.8) is 0 Å². The molecule has 0 spiro atoms. The number of aromatic nitrogens is 1. The van der Waals surface area contributed by atoms with E-state index in [2.05, 4.69) is 48.1 Å². The first kappa shape index (κ1) is 12.8. The van der Waals surface area contributed by atoms with Crippen LogP contribution >= 0.6 is 0 Å². The van der Waals surface area contributed by atoms with Crippen LogP contribution in [0.4, 0.5) is 0 Å². The molecule has 1 atom stereocenters. The number of fused-ring (bicyclic) bond motifs is 1. The highest BCUT2D eigenvalue weighted by Crippen LogP contribution is 2.26. The first-order valence-electron chi connectivity index (χ1n) is 6.37. The van der Waals surface area contributed by atoms with Gasteiger partial charge in [0.15, 0.2) is 0 Å². The molecule has 1 aromatic carbocycles. The number of nitrogens with one attached hydrogen (secondary N) is 1. The summed E-state index contributed by atoms with van der Waals surface area (Å²) in [5.74, 6) is 0. The highest BCUT2D eigenvalue weighted by Gasteiger charge is 2.12. The summed E-state index contributed by atoms with van der Waals surface area (Å²) in [6.45, 7) is 6.06. The SMILES string of the molecule is C=C(C)CCC(NC)c1ccnc2ccccc12. The van der Waals surface area contributed by atoms with Gasteiger partial charge in [-0.25, -0.2) is 0 Å². The van der Waals surface area contributed by atoms with E-state index < -0.39 is 0 Å². The van der Waals surface area contributed by atoms with Gasteiger partial charge in [-0.15, -0.1) is 6.58 Å². The van der Waals surface area contributed by atoms with Gasteiger partial charge in [0, 0.05) is 17.6 Å². The van der Waals surface area contributed by atoms with E-state index in [1.807, 2.05) is 19.3 Å². The molecule has 1 unspecified atom stereocenters. The smallest absolute Gasteiger partial charge is 0.0705 e. The van der Waals surface area contributed by atoms with E-state index in [0.717, 1.165) is 18.4 Å². The molecule has 2 nitrogen and oxygen atoms in total. The third-order valence-corrected chi connectivity index (χ3v) is 3.27. The van der Waals surface area contributed by atoms with Crippen molar-refractivity contribution in [3.8, 4) is 0 Å². The topological polar surface area (TPSA) is 24.9 Å². The molecule has 0 aliphatic carbocycles. The number of hydrogen-bond acceptors (Lipinski definition) is 2. The number of rotatable bonds is 5. The van der Waals surface area contributed by atoms with E-state index in [9.17, 15) is 0 Å². The molecule has 0 bridgehead atoms. The lowest BCUT2D eigenvalue weighted by Crippen LogP contribution is -2.16. The summed E-state index contributed by atoms with van der Waals surface area (Å²) in [7, 11) is 2.01. The molecular weight excluding hydrogens is 220 g/mol. The van der Waals surface area contributed by atoms with E-state index in [1.165, 1.54) is 16.5 Å². The van der Waals surface area contributed by atoms with Gasteiger partial charge < -0.3 is 5.32 Å². The number of pyridine rings is 1. The van der Waals surface area contributed by atoms with Gasteiger partial charge in [0.1, 0.15) is 0 Å². The zero-order valence-electron chi connectivity index (χ0n) is 11.1. The Balaban J connectivity index is 2.35. The van der Waals surface area contributed by atoms with Gasteiger partial charge in [0.05, 0.1) is 5.52 Å². The van der Waals surface area contributed by atoms with Crippen molar-refractivity contribution in [2.24, 2.45) is 0 Å². The first-order chi connectivity index (χ1) is 8.72. The summed E-state index contributed by atoms with van der Waals surface area (Å²) in [6.07, 6.45) is 4.00. The molecule has 94 valence electrons. The number of benzene rings is 1. The average Bonchev–Trinajstić information content (AvgIpc) is 2.39.